The molecule has 2 rings (SSSR count). The van der Waals surface area contributed by atoms with E-state index in [1.165, 1.54) is 18.4 Å². The van der Waals surface area contributed by atoms with Gasteiger partial charge in [-0.3, -0.25) is 4.90 Å². The van der Waals surface area contributed by atoms with Gasteiger partial charge in [-0.15, -0.1) is 0 Å². The second-order valence-corrected chi connectivity index (χ2v) is 7.10. The van der Waals surface area contributed by atoms with Gasteiger partial charge in [-0.2, -0.15) is 0 Å². The SMILES string of the molecule is CCCN(C)C1(c2cccc(O)c2)CCC(NC(C)C)CC1. The monoisotopic (exact) mass is 304 g/mol. The molecule has 1 saturated carbocycles. The van der Waals surface area contributed by atoms with Crippen molar-refractivity contribution < 1.29 is 5.11 Å². The van der Waals surface area contributed by atoms with Crippen LogP contribution in [0.2, 0.25) is 0 Å². The molecular weight excluding hydrogens is 272 g/mol. The van der Waals surface area contributed by atoms with Gasteiger partial charge in [0, 0.05) is 17.6 Å². The summed E-state index contributed by atoms with van der Waals surface area (Å²) >= 11 is 0. The average Bonchev–Trinajstić information content (AvgIpc) is 2.48. The Morgan fingerprint density at radius 1 is 1.32 bits per heavy atom. The van der Waals surface area contributed by atoms with Crippen LogP contribution in [0.15, 0.2) is 24.3 Å². The Morgan fingerprint density at radius 2 is 2.00 bits per heavy atom. The Bertz CT molecular complexity index is 464. The predicted octanol–water partition coefficient (Wildman–Crippen LogP) is 3.87. The summed E-state index contributed by atoms with van der Waals surface area (Å²) in [5.41, 5.74) is 1.34. The molecule has 3 heteroatoms. The molecule has 0 aromatic heterocycles. The molecule has 0 atom stereocenters. The first-order chi connectivity index (χ1) is 10.5. The summed E-state index contributed by atoms with van der Waals surface area (Å²) < 4.78 is 0. The Morgan fingerprint density at radius 3 is 2.55 bits per heavy atom. The third kappa shape index (κ3) is 3.82. The molecule has 1 aromatic carbocycles. The summed E-state index contributed by atoms with van der Waals surface area (Å²) in [4.78, 5) is 2.51. The largest absolute Gasteiger partial charge is 0.508 e. The van der Waals surface area contributed by atoms with Gasteiger partial charge in [0.2, 0.25) is 0 Å². The van der Waals surface area contributed by atoms with Gasteiger partial charge >= 0.3 is 0 Å². The van der Waals surface area contributed by atoms with Crippen molar-refractivity contribution in [2.45, 2.75) is 70.5 Å². The highest BCUT2D eigenvalue weighted by Gasteiger charge is 2.40. The van der Waals surface area contributed by atoms with Crippen molar-refractivity contribution in [2.75, 3.05) is 13.6 Å². The molecule has 1 aromatic rings. The summed E-state index contributed by atoms with van der Waals surface area (Å²) in [6.45, 7) is 7.77. The lowest BCUT2D eigenvalue weighted by atomic mass is 9.73. The van der Waals surface area contributed by atoms with Crippen molar-refractivity contribution >= 4 is 0 Å². The van der Waals surface area contributed by atoms with E-state index in [4.69, 9.17) is 0 Å². The van der Waals surface area contributed by atoms with Gasteiger partial charge in [0.15, 0.2) is 0 Å². The standard InChI is InChI=1S/C19H32N2O/c1-5-13-21(4)19(16-7-6-8-18(22)14-16)11-9-17(10-12-19)20-15(2)3/h6-8,14-15,17,20,22H,5,9-13H2,1-4H3. The zero-order chi connectivity index (χ0) is 16.2. The Labute approximate surface area is 135 Å². The number of nitrogens with one attached hydrogen (secondary N) is 1. The second-order valence-electron chi connectivity index (χ2n) is 7.10. The molecule has 0 heterocycles. The molecule has 1 fully saturated rings. The van der Waals surface area contributed by atoms with Crippen molar-refractivity contribution in [1.29, 1.82) is 0 Å². The van der Waals surface area contributed by atoms with Crippen molar-refractivity contribution in [3.63, 3.8) is 0 Å². The molecule has 0 radical (unpaired) electrons. The first kappa shape index (κ1) is 17.3. The Hall–Kier alpha value is -1.06. The van der Waals surface area contributed by atoms with Crippen LogP contribution in [0.1, 0.15) is 58.4 Å². The first-order valence-electron chi connectivity index (χ1n) is 8.74. The highest BCUT2D eigenvalue weighted by atomic mass is 16.3. The number of nitrogens with zero attached hydrogens (tertiary/aromatic N) is 1. The maximum Gasteiger partial charge on any atom is 0.115 e. The normalized spacial score (nSPS) is 25.8. The van der Waals surface area contributed by atoms with Crippen molar-refractivity contribution in [2.24, 2.45) is 0 Å². The number of rotatable bonds is 6. The van der Waals surface area contributed by atoms with Crippen LogP contribution >= 0.6 is 0 Å². The van der Waals surface area contributed by atoms with Crippen LogP contribution in [-0.2, 0) is 5.54 Å². The lowest BCUT2D eigenvalue weighted by Gasteiger charge is -2.47. The van der Waals surface area contributed by atoms with Gasteiger partial charge in [0.05, 0.1) is 0 Å². The van der Waals surface area contributed by atoms with Crippen LogP contribution in [0.25, 0.3) is 0 Å². The lowest BCUT2D eigenvalue weighted by molar-refractivity contribution is 0.0606. The highest BCUT2D eigenvalue weighted by molar-refractivity contribution is 5.33. The van der Waals surface area contributed by atoms with E-state index in [1.54, 1.807) is 6.07 Å². The van der Waals surface area contributed by atoms with Gasteiger partial charge < -0.3 is 10.4 Å². The summed E-state index contributed by atoms with van der Waals surface area (Å²) in [5.74, 6) is 0.379. The van der Waals surface area contributed by atoms with E-state index in [9.17, 15) is 5.11 Å². The van der Waals surface area contributed by atoms with Gasteiger partial charge in [0.1, 0.15) is 5.75 Å². The minimum atomic E-state index is 0.0733. The first-order valence-corrected chi connectivity index (χ1v) is 8.74. The van der Waals surface area contributed by atoms with E-state index in [-0.39, 0.29) is 5.54 Å². The summed E-state index contributed by atoms with van der Waals surface area (Å²) in [5, 5.41) is 13.6. The predicted molar refractivity (Wildman–Crippen MR) is 93.2 cm³/mol. The van der Waals surface area contributed by atoms with E-state index in [0.717, 1.165) is 25.8 Å². The van der Waals surface area contributed by atoms with Crippen LogP contribution < -0.4 is 5.32 Å². The number of phenols is 1. The van der Waals surface area contributed by atoms with Crippen LogP contribution in [0.5, 0.6) is 5.75 Å². The highest BCUT2D eigenvalue weighted by Crippen LogP contribution is 2.42. The molecule has 0 amide bonds. The summed E-state index contributed by atoms with van der Waals surface area (Å²) in [6, 6.07) is 9.06. The molecule has 2 N–H and O–H groups in total. The van der Waals surface area contributed by atoms with E-state index >= 15 is 0 Å². The molecule has 0 spiro atoms. The minimum Gasteiger partial charge on any atom is -0.508 e. The van der Waals surface area contributed by atoms with Gasteiger partial charge in [-0.1, -0.05) is 32.9 Å². The van der Waals surface area contributed by atoms with E-state index < -0.39 is 0 Å². The van der Waals surface area contributed by atoms with Gasteiger partial charge in [-0.05, 0) is 63.4 Å². The number of aromatic hydroxyl groups is 1. The van der Waals surface area contributed by atoms with Gasteiger partial charge in [0.25, 0.3) is 0 Å². The summed E-state index contributed by atoms with van der Waals surface area (Å²) in [6.07, 6.45) is 5.85. The third-order valence-corrected chi connectivity index (χ3v) is 5.06. The van der Waals surface area contributed by atoms with Crippen LogP contribution in [0, 0.1) is 0 Å². The molecule has 0 unspecified atom stereocenters. The number of hydrogen-bond donors (Lipinski definition) is 2. The van der Waals surface area contributed by atoms with Crippen molar-refractivity contribution in [1.82, 2.24) is 10.2 Å². The number of phenolic OH excluding ortho intramolecular Hbond substituents is 1. The topological polar surface area (TPSA) is 35.5 Å². The van der Waals surface area contributed by atoms with E-state index in [0.29, 0.717) is 17.8 Å². The molecule has 22 heavy (non-hydrogen) atoms. The zero-order valence-corrected chi connectivity index (χ0v) is 14.6. The molecule has 0 aliphatic heterocycles. The fourth-order valence-electron chi connectivity index (χ4n) is 3.97. The molecule has 0 saturated heterocycles. The lowest BCUT2D eigenvalue weighted by Crippen LogP contribution is -2.50. The van der Waals surface area contributed by atoms with Crippen LogP contribution in [0.3, 0.4) is 0 Å². The third-order valence-electron chi connectivity index (χ3n) is 5.06. The zero-order valence-electron chi connectivity index (χ0n) is 14.6. The molecule has 1 aliphatic carbocycles. The number of hydrogen-bond acceptors (Lipinski definition) is 3. The maximum atomic E-state index is 9.91. The van der Waals surface area contributed by atoms with Crippen LogP contribution in [0.4, 0.5) is 0 Å². The fraction of sp³-hybridized carbons (Fsp3) is 0.684. The van der Waals surface area contributed by atoms with Crippen molar-refractivity contribution in [3.8, 4) is 5.75 Å². The molecule has 124 valence electrons. The van der Waals surface area contributed by atoms with Crippen molar-refractivity contribution in [3.05, 3.63) is 29.8 Å². The smallest absolute Gasteiger partial charge is 0.115 e. The fourth-order valence-corrected chi connectivity index (χ4v) is 3.97. The minimum absolute atomic E-state index is 0.0733. The Kier molecular flexibility index (Phi) is 5.87. The second kappa shape index (κ2) is 7.47. The van der Waals surface area contributed by atoms with Gasteiger partial charge in [-0.25, -0.2) is 0 Å². The average molecular weight is 304 g/mol. The summed E-state index contributed by atoms with van der Waals surface area (Å²) in [7, 11) is 2.24. The maximum absolute atomic E-state index is 9.91. The number of benzene rings is 1. The molecular formula is C19H32N2O. The quantitative estimate of drug-likeness (QED) is 0.837. The van der Waals surface area contributed by atoms with E-state index in [1.807, 2.05) is 12.1 Å². The van der Waals surface area contributed by atoms with E-state index in [2.05, 4.69) is 44.1 Å². The van der Waals surface area contributed by atoms with Crippen LogP contribution in [-0.4, -0.2) is 35.7 Å². The molecule has 1 aliphatic rings. The Balaban J connectivity index is 2.22. The molecule has 0 bridgehead atoms. The molecule has 3 nitrogen and oxygen atoms in total.